The third-order valence-electron chi connectivity index (χ3n) is 4.91. The van der Waals surface area contributed by atoms with E-state index in [1.807, 2.05) is 0 Å². The molecule has 5 nitrogen and oxygen atoms in total. The maximum Gasteiger partial charge on any atom is 0.416 e. The summed E-state index contributed by atoms with van der Waals surface area (Å²) in [5.74, 6) is 0.247. The number of hydrogen-bond acceptors (Lipinski definition) is 3. The van der Waals surface area contributed by atoms with E-state index in [4.69, 9.17) is 0 Å². The van der Waals surface area contributed by atoms with Crippen LogP contribution in [-0.4, -0.2) is 40.1 Å². The van der Waals surface area contributed by atoms with E-state index in [0.29, 0.717) is 29.5 Å². The molecular weight excluding hydrogens is 357 g/mol. The number of alkyl halides is 3. The average molecular weight is 380 g/mol. The van der Waals surface area contributed by atoms with Gasteiger partial charge in [-0.3, -0.25) is 9.89 Å². The number of halogens is 3. The summed E-state index contributed by atoms with van der Waals surface area (Å²) in [5, 5.41) is 9.47. The number of hydrogen-bond donors (Lipinski definition) is 2. The van der Waals surface area contributed by atoms with Crippen molar-refractivity contribution in [3.05, 3.63) is 35.9 Å². The molecule has 1 saturated heterocycles. The van der Waals surface area contributed by atoms with Crippen molar-refractivity contribution in [1.29, 1.82) is 0 Å². The number of nitrogens with zero attached hydrogens (tertiary/aromatic N) is 2. The molecule has 1 amide bonds. The van der Waals surface area contributed by atoms with Crippen LogP contribution in [0.25, 0.3) is 11.3 Å². The molecule has 2 aromatic rings. The third kappa shape index (κ3) is 5.09. The van der Waals surface area contributed by atoms with Crippen LogP contribution in [0.3, 0.4) is 0 Å². The minimum atomic E-state index is -4.36. The van der Waals surface area contributed by atoms with Crippen molar-refractivity contribution in [3.8, 4) is 11.3 Å². The number of benzene rings is 1. The molecule has 0 bridgehead atoms. The SMILES string of the molecule is C[C@@H]1CCCN1CCCC(=O)Nc1cc(-c2ccc(C(F)(F)F)cc2)[nH]n1. The summed E-state index contributed by atoms with van der Waals surface area (Å²) in [7, 11) is 0. The second-order valence-electron chi connectivity index (χ2n) is 6.92. The van der Waals surface area contributed by atoms with E-state index >= 15 is 0 Å². The first-order chi connectivity index (χ1) is 12.8. The molecular formula is C19H23F3N4O. The first-order valence-corrected chi connectivity index (χ1v) is 9.10. The summed E-state index contributed by atoms with van der Waals surface area (Å²) in [6.45, 7) is 4.21. The highest BCUT2D eigenvalue weighted by Gasteiger charge is 2.30. The monoisotopic (exact) mass is 380 g/mol. The minimum Gasteiger partial charge on any atom is -0.309 e. The number of amides is 1. The quantitative estimate of drug-likeness (QED) is 0.786. The predicted molar refractivity (Wildman–Crippen MR) is 97.2 cm³/mol. The first-order valence-electron chi connectivity index (χ1n) is 9.10. The summed E-state index contributed by atoms with van der Waals surface area (Å²) in [4.78, 5) is 14.5. The second-order valence-corrected chi connectivity index (χ2v) is 6.92. The van der Waals surface area contributed by atoms with Gasteiger partial charge < -0.3 is 10.2 Å². The van der Waals surface area contributed by atoms with Crippen LogP contribution in [0, 0.1) is 0 Å². The lowest BCUT2D eigenvalue weighted by Gasteiger charge is -2.20. The number of likely N-dealkylation sites (tertiary alicyclic amines) is 1. The molecule has 0 radical (unpaired) electrons. The largest absolute Gasteiger partial charge is 0.416 e. The Morgan fingerprint density at radius 2 is 2.07 bits per heavy atom. The number of nitrogens with one attached hydrogen (secondary N) is 2. The molecule has 3 rings (SSSR count). The lowest BCUT2D eigenvalue weighted by molar-refractivity contribution is -0.137. The van der Waals surface area contributed by atoms with E-state index < -0.39 is 11.7 Å². The molecule has 1 aliphatic rings. The maximum absolute atomic E-state index is 12.6. The number of carbonyl (C=O) groups excluding carboxylic acids is 1. The van der Waals surface area contributed by atoms with Crippen LogP contribution < -0.4 is 5.32 Å². The summed E-state index contributed by atoms with van der Waals surface area (Å²) < 4.78 is 37.9. The molecule has 0 unspecified atom stereocenters. The number of anilines is 1. The van der Waals surface area contributed by atoms with E-state index in [0.717, 1.165) is 31.6 Å². The van der Waals surface area contributed by atoms with E-state index in [-0.39, 0.29) is 5.91 Å². The smallest absolute Gasteiger partial charge is 0.309 e. The molecule has 27 heavy (non-hydrogen) atoms. The number of rotatable bonds is 6. The van der Waals surface area contributed by atoms with Crippen molar-refractivity contribution in [3.63, 3.8) is 0 Å². The Kier molecular flexibility index (Phi) is 5.84. The van der Waals surface area contributed by atoms with Crippen molar-refractivity contribution in [2.45, 2.75) is 44.8 Å². The van der Waals surface area contributed by atoms with Gasteiger partial charge in [0.25, 0.3) is 0 Å². The summed E-state index contributed by atoms with van der Waals surface area (Å²) in [6.07, 6.45) is -0.740. The Bertz CT molecular complexity index is 770. The molecule has 0 aliphatic carbocycles. The molecule has 1 fully saturated rings. The van der Waals surface area contributed by atoms with Crippen LogP contribution in [0.4, 0.5) is 19.0 Å². The van der Waals surface area contributed by atoms with Crippen LogP contribution in [0.15, 0.2) is 30.3 Å². The maximum atomic E-state index is 12.6. The van der Waals surface area contributed by atoms with Crippen LogP contribution in [0.2, 0.25) is 0 Å². The minimum absolute atomic E-state index is 0.118. The molecule has 2 heterocycles. The Hall–Kier alpha value is -2.35. The van der Waals surface area contributed by atoms with E-state index in [1.165, 1.54) is 25.0 Å². The molecule has 0 spiro atoms. The van der Waals surface area contributed by atoms with Crippen molar-refractivity contribution in [2.75, 3.05) is 18.4 Å². The van der Waals surface area contributed by atoms with Gasteiger partial charge in [0.05, 0.1) is 11.3 Å². The predicted octanol–water partition coefficient (Wildman–Crippen LogP) is 4.30. The molecule has 1 aliphatic heterocycles. The molecule has 1 aromatic carbocycles. The van der Waals surface area contributed by atoms with Gasteiger partial charge in [-0.2, -0.15) is 18.3 Å². The van der Waals surface area contributed by atoms with Gasteiger partial charge in [0, 0.05) is 18.5 Å². The van der Waals surface area contributed by atoms with Gasteiger partial charge in [0.1, 0.15) is 0 Å². The van der Waals surface area contributed by atoms with Gasteiger partial charge in [-0.25, -0.2) is 0 Å². The van der Waals surface area contributed by atoms with Crippen molar-refractivity contribution in [1.82, 2.24) is 15.1 Å². The highest BCUT2D eigenvalue weighted by Crippen LogP contribution is 2.31. The summed E-state index contributed by atoms with van der Waals surface area (Å²) in [5.41, 5.74) is 0.413. The van der Waals surface area contributed by atoms with Crippen molar-refractivity contribution >= 4 is 11.7 Å². The topological polar surface area (TPSA) is 61.0 Å². The fraction of sp³-hybridized carbons (Fsp3) is 0.474. The molecule has 2 N–H and O–H groups in total. The van der Waals surface area contributed by atoms with Gasteiger partial charge in [-0.05, 0) is 57.0 Å². The van der Waals surface area contributed by atoms with E-state index in [1.54, 1.807) is 6.07 Å². The normalized spacial score (nSPS) is 18.0. The standard InChI is InChI=1S/C19H23F3N4O/c1-13-4-2-10-26(13)11-3-5-18(27)23-17-12-16(24-25-17)14-6-8-15(9-7-14)19(20,21)22/h6-9,12-13H,2-5,10-11H2,1H3,(H2,23,24,25,27)/t13-/m1/s1. The van der Waals surface area contributed by atoms with Crippen LogP contribution in [0.1, 0.15) is 38.2 Å². The second kappa shape index (κ2) is 8.12. The molecule has 8 heteroatoms. The van der Waals surface area contributed by atoms with Crippen LogP contribution in [0.5, 0.6) is 0 Å². The Morgan fingerprint density at radius 1 is 1.33 bits per heavy atom. The van der Waals surface area contributed by atoms with Gasteiger partial charge in [0.15, 0.2) is 5.82 Å². The number of aromatic nitrogens is 2. The Morgan fingerprint density at radius 3 is 2.70 bits per heavy atom. The molecule has 1 aromatic heterocycles. The zero-order valence-corrected chi connectivity index (χ0v) is 15.1. The van der Waals surface area contributed by atoms with Crippen LogP contribution >= 0.6 is 0 Å². The highest BCUT2D eigenvalue weighted by molar-refractivity contribution is 5.90. The van der Waals surface area contributed by atoms with Crippen molar-refractivity contribution in [2.24, 2.45) is 0 Å². The lowest BCUT2D eigenvalue weighted by atomic mass is 10.1. The summed E-state index contributed by atoms with van der Waals surface area (Å²) >= 11 is 0. The number of carbonyl (C=O) groups is 1. The van der Waals surface area contributed by atoms with Gasteiger partial charge in [-0.1, -0.05) is 12.1 Å². The van der Waals surface area contributed by atoms with Crippen molar-refractivity contribution < 1.29 is 18.0 Å². The Balaban J connectivity index is 1.50. The summed E-state index contributed by atoms with van der Waals surface area (Å²) in [6, 6.07) is 6.99. The zero-order chi connectivity index (χ0) is 19.4. The fourth-order valence-electron chi connectivity index (χ4n) is 3.35. The van der Waals surface area contributed by atoms with Gasteiger partial charge in [-0.15, -0.1) is 0 Å². The van der Waals surface area contributed by atoms with Crippen LogP contribution in [-0.2, 0) is 11.0 Å². The van der Waals surface area contributed by atoms with E-state index in [9.17, 15) is 18.0 Å². The average Bonchev–Trinajstić information content (AvgIpc) is 3.24. The molecule has 1 atom stereocenters. The third-order valence-corrected chi connectivity index (χ3v) is 4.91. The lowest BCUT2D eigenvalue weighted by Crippen LogP contribution is -2.28. The molecule has 0 saturated carbocycles. The van der Waals surface area contributed by atoms with E-state index in [2.05, 4.69) is 27.3 Å². The zero-order valence-electron chi connectivity index (χ0n) is 15.1. The number of aromatic amines is 1. The molecule has 146 valence electrons. The fourth-order valence-corrected chi connectivity index (χ4v) is 3.35. The Labute approximate surface area is 155 Å². The number of H-pyrrole nitrogens is 1. The van der Waals surface area contributed by atoms with Gasteiger partial charge in [0.2, 0.25) is 5.91 Å². The van der Waals surface area contributed by atoms with Gasteiger partial charge >= 0.3 is 6.18 Å². The first kappa shape index (κ1) is 19.4. The highest BCUT2D eigenvalue weighted by atomic mass is 19.4.